The lowest BCUT2D eigenvalue weighted by atomic mass is 8.87. The Morgan fingerprint density at radius 1 is 0.571 bits per heavy atom. The van der Waals surface area contributed by atoms with Gasteiger partial charge in [0.25, 0.3) is 0 Å². The second-order valence-electron chi connectivity index (χ2n) is 2.47. The molecule has 0 aliphatic rings. The summed E-state index contributed by atoms with van der Waals surface area (Å²) in [6.45, 7) is -15.7. The van der Waals surface area contributed by atoms with Crippen LogP contribution in [-0.2, 0) is 0 Å². The minimum atomic E-state index is -3.26. The smallest absolute Gasteiger partial charge is 0.350 e. The van der Waals surface area contributed by atoms with Crippen LogP contribution >= 0.6 is 0 Å². The Bertz CT molecular complexity index is 137. The van der Waals surface area contributed by atoms with E-state index >= 15 is 0 Å². The predicted molar refractivity (Wildman–Crippen MR) is 48.0 cm³/mol. The third-order valence-electron chi connectivity index (χ3n) is 1.46. The average Bonchev–Trinajstić information content (AvgIpc) is 2.23. The summed E-state index contributed by atoms with van der Waals surface area (Å²) in [6.07, 6.45) is 0. The molecule has 0 aromatic heterocycles. The lowest BCUT2D eigenvalue weighted by molar-refractivity contribution is 0.787. The summed E-state index contributed by atoms with van der Waals surface area (Å²) in [5, 5.41) is 0. The molecule has 0 saturated heterocycles. The summed E-state index contributed by atoms with van der Waals surface area (Å²) in [6, 6.07) is 0. The molecule has 0 atom stereocenters. The molecule has 14 heavy (non-hydrogen) atoms. The lowest BCUT2D eigenvalue weighted by Crippen LogP contribution is -2.56. The fourth-order valence-corrected chi connectivity index (χ4v) is 0.666. The van der Waals surface area contributed by atoms with Gasteiger partial charge in [0.15, 0.2) is 0 Å². The first-order valence-corrected chi connectivity index (χ1v) is 3.53. The zero-order valence-corrected chi connectivity index (χ0v) is 6.69. The maximum Gasteiger partial charge on any atom is 0.350 e. The Morgan fingerprint density at radius 2 is 0.857 bits per heavy atom. The molecular weight excluding hydrogens is 209 g/mol. The van der Waals surface area contributed by atoms with Crippen molar-refractivity contribution in [3.8, 4) is 0 Å². The van der Waals surface area contributed by atoms with E-state index in [9.17, 15) is 30.2 Å². The van der Waals surface area contributed by atoms with Gasteiger partial charge in [0, 0.05) is 0 Å². The monoisotopic (exact) mass is 210 g/mol. The van der Waals surface area contributed by atoms with E-state index in [1.165, 1.54) is 0 Å². The van der Waals surface area contributed by atoms with Crippen molar-refractivity contribution in [2.45, 2.75) is 0 Å². The quantitative estimate of drug-likeness (QED) is 0.435. The molecule has 70 valence electrons. The molecule has 0 bridgehead atoms. The summed E-state index contributed by atoms with van der Waals surface area (Å²) >= 11 is 0. The second kappa shape index (κ2) is 6.45. The maximum absolute atomic E-state index is 12.5. The summed E-state index contributed by atoms with van der Waals surface area (Å²) in [7, 11) is -1.67. The Balaban J connectivity index is 4.22. The topological polar surface area (TPSA) is 0 Å². The van der Waals surface area contributed by atoms with Crippen molar-refractivity contribution in [1.82, 2.24) is 0 Å². The van der Waals surface area contributed by atoms with E-state index in [0.29, 0.717) is 0 Å². The van der Waals surface area contributed by atoms with E-state index in [0.717, 1.165) is 0 Å². The van der Waals surface area contributed by atoms with Crippen molar-refractivity contribution in [2.24, 2.45) is 0 Å². The van der Waals surface area contributed by atoms with Gasteiger partial charge in [-0.3, -0.25) is 0 Å². The summed E-state index contributed by atoms with van der Waals surface area (Å²) < 4.78 is 84.0. The highest BCUT2D eigenvalue weighted by molar-refractivity contribution is 7.76. The van der Waals surface area contributed by atoms with Crippen molar-refractivity contribution in [2.75, 3.05) is 0 Å². The van der Waals surface area contributed by atoms with Gasteiger partial charge in [0.1, 0.15) is 0 Å². The number of halogens is 7. The van der Waals surface area contributed by atoms with E-state index in [1.807, 2.05) is 0 Å². The molecule has 0 fully saturated rings. The zero-order chi connectivity index (χ0) is 11.3. The molecule has 0 nitrogen and oxygen atoms in total. The summed E-state index contributed by atoms with van der Waals surface area (Å²) in [4.78, 5) is 0. The second-order valence-corrected chi connectivity index (χ2v) is 2.47. The Hall–Kier alpha value is -0.0355. The van der Waals surface area contributed by atoms with Crippen LogP contribution in [0.5, 0.6) is 0 Å². The number of rotatable bonds is 6. The van der Waals surface area contributed by atoms with Crippen LogP contribution in [0.3, 0.4) is 0 Å². The minimum Gasteiger partial charge on any atom is -0.350 e. The van der Waals surface area contributed by atoms with Gasteiger partial charge in [0.05, 0.1) is 0 Å². The van der Waals surface area contributed by atoms with Crippen LogP contribution in [-0.4, -0.2) is 48.8 Å². The molecule has 2 radical (unpaired) electrons. The van der Waals surface area contributed by atoms with Gasteiger partial charge in [0.2, 0.25) is 0 Å². The fourth-order valence-electron chi connectivity index (χ4n) is 0.666. The van der Waals surface area contributed by atoms with Crippen molar-refractivity contribution >= 4 is 48.8 Å². The largest absolute Gasteiger partial charge is 0.350 e. The molecule has 0 spiro atoms. The Kier molecular flexibility index (Phi) is 6.43. The highest BCUT2D eigenvalue weighted by Crippen LogP contribution is 2.08. The number of hydrogen-bond acceptors (Lipinski definition) is 0. The SMILES string of the molecule is F[B]B(F)B(F)B(F)B(F)B(F)[B]F. The van der Waals surface area contributed by atoms with E-state index in [1.54, 1.807) is 0 Å². The molecular formula is B7F7. The van der Waals surface area contributed by atoms with Crippen LogP contribution in [0.15, 0.2) is 0 Å². The van der Waals surface area contributed by atoms with Crippen LogP contribution in [0.2, 0.25) is 0 Å². The van der Waals surface area contributed by atoms with Crippen LogP contribution in [0, 0.1) is 0 Å². The molecule has 0 N–H and O–H groups in total. The molecule has 0 amide bonds. The highest BCUT2D eigenvalue weighted by atomic mass is 19.2. The van der Waals surface area contributed by atoms with Gasteiger partial charge in [-0.05, 0) is 0 Å². The predicted octanol–water partition coefficient (Wildman–Crippen LogP) is 0.276. The van der Waals surface area contributed by atoms with Gasteiger partial charge in [-0.25, -0.2) is 0 Å². The molecule has 0 aliphatic heterocycles. The summed E-state index contributed by atoms with van der Waals surface area (Å²) in [5.41, 5.74) is 0. The van der Waals surface area contributed by atoms with Gasteiger partial charge < -0.3 is 30.2 Å². The lowest BCUT2D eigenvalue weighted by Gasteiger charge is -2.08. The third kappa shape index (κ3) is 3.61. The van der Waals surface area contributed by atoms with Crippen LogP contribution in [0.1, 0.15) is 0 Å². The maximum atomic E-state index is 12.5. The molecule has 0 aliphatic carbocycles. The van der Waals surface area contributed by atoms with Crippen molar-refractivity contribution in [3.05, 3.63) is 0 Å². The van der Waals surface area contributed by atoms with Crippen LogP contribution in [0.25, 0.3) is 0 Å². The van der Waals surface area contributed by atoms with E-state index in [2.05, 4.69) is 0 Å². The van der Waals surface area contributed by atoms with Crippen molar-refractivity contribution in [3.63, 3.8) is 0 Å². The van der Waals surface area contributed by atoms with Crippen LogP contribution < -0.4 is 0 Å². The first-order valence-electron chi connectivity index (χ1n) is 3.53. The fraction of sp³-hybridized carbons (Fsp3) is 0. The molecule has 14 heteroatoms. The van der Waals surface area contributed by atoms with Gasteiger partial charge in [-0.2, -0.15) is 0 Å². The molecule has 0 aromatic rings. The molecule has 0 aromatic carbocycles. The van der Waals surface area contributed by atoms with E-state index in [-0.39, 0.29) is 0 Å². The van der Waals surface area contributed by atoms with Gasteiger partial charge >= 0.3 is 48.8 Å². The van der Waals surface area contributed by atoms with E-state index in [4.69, 9.17) is 0 Å². The Labute approximate surface area is 79.9 Å². The molecule has 0 saturated carbocycles. The third-order valence-corrected chi connectivity index (χ3v) is 1.46. The number of hydrogen-bond donors (Lipinski definition) is 0. The zero-order valence-electron chi connectivity index (χ0n) is 6.69. The molecule has 0 heterocycles. The minimum absolute atomic E-state index is 0.837. The Morgan fingerprint density at radius 3 is 1.07 bits per heavy atom. The van der Waals surface area contributed by atoms with Crippen molar-refractivity contribution in [1.29, 1.82) is 0 Å². The average molecular weight is 209 g/mol. The molecule has 0 rings (SSSR count). The summed E-state index contributed by atoms with van der Waals surface area (Å²) in [5.74, 6) is 0. The highest BCUT2D eigenvalue weighted by Gasteiger charge is 2.55. The normalized spacial score (nSPS) is 9.07. The first kappa shape index (κ1) is 14.0. The molecule has 0 unspecified atom stereocenters. The van der Waals surface area contributed by atoms with Crippen LogP contribution in [0.4, 0.5) is 30.2 Å². The standard InChI is InChI=1S/B7F7/c8-1-3(10)5(12)7(14)6(13)4(11)2-9. The van der Waals surface area contributed by atoms with Crippen molar-refractivity contribution < 1.29 is 30.2 Å². The van der Waals surface area contributed by atoms with Gasteiger partial charge in [-0.1, -0.05) is 0 Å². The first-order chi connectivity index (χ1) is 6.45. The van der Waals surface area contributed by atoms with E-state index < -0.39 is 48.8 Å². The van der Waals surface area contributed by atoms with Gasteiger partial charge in [-0.15, -0.1) is 0 Å².